The molecule has 0 unspecified atom stereocenters. The largest absolute Gasteiger partial charge is 0.456 e. The molecule has 0 bridgehead atoms. The standard InChI is InChI=1S/C60H36O/c1-3-11-49-43(9-1)35-55(53-15-7-5-13-51(49)53)45-23-19-37-17-21-39(29-47(37)31-45)41-25-27-59-57(33-41)58-34-42(26-28-60(58)61-59)40-22-18-38-20-24-46(32-48(38)30-40)56-36-44-10-2-4-12-50(44)52-14-6-8-16-54(52)56/h1-36H. The third kappa shape index (κ3) is 5.48. The van der Waals surface area contributed by atoms with Crippen molar-refractivity contribution in [1.82, 2.24) is 0 Å². The zero-order valence-corrected chi connectivity index (χ0v) is 33.2. The van der Waals surface area contributed by atoms with E-state index in [0.717, 1.165) is 21.9 Å². The van der Waals surface area contributed by atoms with E-state index in [1.165, 1.54) is 109 Å². The molecule has 282 valence electrons. The van der Waals surface area contributed by atoms with Crippen LogP contribution in [0.2, 0.25) is 0 Å². The maximum absolute atomic E-state index is 6.44. The minimum absolute atomic E-state index is 0.896. The molecular formula is C60H36O. The summed E-state index contributed by atoms with van der Waals surface area (Å²) in [6.45, 7) is 0. The molecule has 0 atom stereocenters. The maximum atomic E-state index is 6.44. The lowest BCUT2D eigenvalue weighted by molar-refractivity contribution is 0.669. The van der Waals surface area contributed by atoms with Crippen LogP contribution in [0.4, 0.5) is 0 Å². The SMILES string of the molecule is c1ccc2c(c1)cc(-c1ccc3ccc(-c4ccc5oc6ccc(-c7ccc8ccc(-c9cc%10ccccc%10c%10ccccc9%10)cc8c7)cc6c5c4)cc3c1)c1ccccc12. The second-order valence-electron chi connectivity index (χ2n) is 16.5. The quantitative estimate of drug-likeness (QED) is 0.162. The van der Waals surface area contributed by atoms with Crippen LogP contribution < -0.4 is 0 Å². The van der Waals surface area contributed by atoms with Crippen molar-refractivity contribution in [3.8, 4) is 44.5 Å². The van der Waals surface area contributed by atoms with Crippen molar-refractivity contribution in [3.05, 3.63) is 218 Å². The van der Waals surface area contributed by atoms with Crippen molar-refractivity contribution in [2.75, 3.05) is 0 Å². The molecule has 0 saturated carbocycles. The molecule has 0 amide bonds. The molecule has 0 saturated heterocycles. The lowest BCUT2D eigenvalue weighted by Gasteiger charge is -2.12. The maximum Gasteiger partial charge on any atom is 0.135 e. The minimum Gasteiger partial charge on any atom is -0.456 e. The molecule has 0 spiro atoms. The van der Waals surface area contributed by atoms with Crippen molar-refractivity contribution in [1.29, 1.82) is 0 Å². The Bertz CT molecular complexity index is 3680. The number of hydrogen-bond acceptors (Lipinski definition) is 1. The van der Waals surface area contributed by atoms with Crippen molar-refractivity contribution < 1.29 is 4.42 Å². The number of hydrogen-bond donors (Lipinski definition) is 0. The Morgan fingerprint density at radius 3 is 1.00 bits per heavy atom. The Kier molecular flexibility index (Phi) is 7.37. The highest BCUT2D eigenvalue weighted by Gasteiger charge is 2.14. The fourth-order valence-electron chi connectivity index (χ4n) is 9.91. The molecule has 61 heavy (non-hydrogen) atoms. The fraction of sp³-hybridized carbons (Fsp3) is 0. The van der Waals surface area contributed by atoms with Crippen molar-refractivity contribution in [2.45, 2.75) is 0 Å². The Morgan fingerprint density at radius 2 is 0.541 bits per heavy atom. The van der Waals surface area contributed by atoms with Gasteiger partial charge in [-0.3, -0.25) is 0 Å². The third-order valence-corrected chi connectivity index (χ3v) is 13.0. The molecule has 13 rings (SSSR count). The number of rotatable bonds is 4. The summed E-state index contributed by atoms with van der Waals surface area (Å²) in [5.41, 5.74) is 11.5. The second kappa shape index (κ2) is 13.3. The summed E-state index contributed by atoms with van der Waals surface area (Å²) in [5.74, 6) is 0. The Balaban J connectivity index is 0.883. The molecule has 13 aromatic rings. The summed E-state index contributed by atoms with van der Waals surface area (Å²) in [5, 5.41) is 17.4. The van der Waals surface area contributed by atoms with Gasteiger partial charge < -0.3 is 4.42 Å². The van der Waals surface area contributed by atoms with Crippen LogP contribution in [-0.4, -0.2) is 0 Å². The van der Waals surface area contributed by atoms with Gasteiger partial charge in [-0.1, -0.05) is 158 Å². The molecule has 1 nitrogen and oxygen atoms in total. The van der Waals surface area contributed by atoms with Crippen LogP contribution in [0.1, 0.15) is 0 Å². The van der Waals surface area contributed by atoms with Gasteiger partial charge in [0.15, 0.2) is 0 Å². The van der Waals surface area contributed by atoms with E-state index in [-0.39, 0.29) is 0 Å². The van der Waals surface area contributed by atoms with Gasteiger partial charge in [0, 0.05) is 10.8 Å². The van der Waals surface area contributed by atoms with Gasteiger partial charge in [-0.15, -0.1) is 0 Å². The van der Waals surface area contributed by atoms with Crippen LogP contribution in [0.15, 0.2) is 223 Å². The van der Waals surface area contributed by atoms with E-state index >= 15 is 0 Å². The molecule has 12 aromatic carbocycles. The van der Waals surface area contributed by atoms with E-state index in [9.17, 15) is 0 Å². The summed E-state index contributed by atoms with van der Waals surface area (Å²) in [6.07, 6.45) is 0. The zero-order valence-electron chi connectivity index (χ0n) is 33.2. The average molecular weight is 773 g/mol. The lowest BCUT2D eigenvalue weighted by atomic mass is 9.91. The van der Waals surface area contributed by atoms with E-state index < -0.39 is 0 Å². The molecule has 1 heteroatoms. The van der Waals surface area contributed by atoms with E-state index in [2.05, 4.69) is 218 Å². The Labute approximate surface area is 352 Å². The zero-order chi connectivity index (χ0) is 40.0. The van der Waals surface area contributed by atoms with Gasteiger partial charge in [0.2, 0.25) is 0 Å². The lowest BCUT2D eigenvalue weighted by Crippen LogP contribution is -1.86. The van der Waals surface area contributed by atoms with Crippen LogP contribution >= 0.6 is 0 Å². The molecule has 0 aliphatic heterocycles. The van der Waals surface area contributed by atoms with Gasteiger partial charge in [-0.2, -0.15) is 0 Å². The average Bonchev–Trinajstić information content (AvgIpc) is 3.70. The second-order valence-corrected chi connectivity index (χ2v) is 16.5. The van der Waals surface area contributed by atoms with Crippen LogP contribution in [-0.2, 0) is 0 Å². The predicted octanol–water partition coefficient (Wildman–Crippen LogP) is 17.2. The van der Waals surface area contributed by atoms with E-state index in [1.807, 2.05) is 0 Å². The summed E-state index contributed by atoms with van der Waals surface area (Å²) in [7, 11) is 0. The first-order valence-corrected chi connectivity index (χ1v) is 21.1. The van der Waals surface area contributed by atoms with Gasteiger partial charge in [0.05, 0.1) is 0 Å². The molecule has 1 aromatic heterocycles. The van der Waals surface area contributed by atoms with Gasteiger partial charge in [-0.25, -0.2) is 0 Å². The minimum atomic E-state index is 0.896. The van der Waals surface area contributed by atoms with Crippen LogP contribution in [0.3, 0.4) is 0 Å². The fourth-order valence-corrected chi connectivity index (χ4v) is 9.91. The third-order valence-electron chi connectivity index (χ3n) is 13.0. The highest BCUT2D eigenvalue weighted by Crippen LogP contribution is 2.40. The van der Waals surface area contributed by atoms with Crippen molar-refractivity contribution in [3.63, 3.8) is 0 Å². The molecule has 1 heterocycles. The summed E-state index contributed by atoms with van der Waals surface area (Å²) in [4.78, 5) is 0. The Morgan fingerprint density at radius 1 is 0.197 bits per heavy atom. The van der Waals surface area contributed by atoms with E-state index in [4.69, 9.17) is 4.42 Å². The van der Waals surface area contributed by atoms with Crippen LogP contribution in [0, 0.1) is 0 Å². The smallest absolute Gasteiger partial charge is 0.135 e. The summed E-state index contributed by atoms with van der Waals surface area (Å²) in [6, 6.07) is 80.2. The molecular weight excluding hydrogens is 737 g/mol. The highest BCUT2D eigenvalue weighted by atomic mass is 16.3. The summed E-state index contributed by atoms with van der Waals surface area (Å²) >= 11 is 0. The van der Waals surface area contributed by atoms with Gasteiger partial charge in [0.1, 0.15) is 11.2 Å². The summed E-state index contributed by atoms with van der Waals surface area (Å²) < 4.78 is 6.44. The van der Waals surface area contributed by atoms with E-state index in [0.29, 0.717) is 0 Å². The van der Waals surface area contributed by atoms with Crippen LogP contribution in [0.5, 0.6) is 0 Å². The molecule has 0 N–H and O–H groups in total. The molecule has 0 fully saturated rings. The van der Waals surface area contributed by atoms with Gasteiger partial charge in [-0.05, 0) is 170 Å². The van der Waals surface area contributed by atoms with Crippen molar-refractivity contribution >= 4 is 86.6 Å². The molecule has 0 aliphatic rings. The van der Waals surface area contributed by atoms with E-state index in [1.54, 1.807) is 0 Å². The number of benzene rings is 12. The number of fused-ring (bicyclic) bond motifs is 11. The predicted molar refractivity (Wildman–Crippen MR) is 260 cm³/mol. The normalized spacial score (nSPS) is 11.9. The monoisotopic (exact) mass is 772 g/mol. The topological polar surface area (TPSA) is 13.1 Å². The van der Waals surface area contributed by atoms with Gasteiger partial charge in [0.25, 0.3) is 0 Å². The van der Waals surface area contributed by atoms with Crippen LogP contribution in [0.25, 0.3) is 131 Å². The molecule has 0 radical (unpaired) electrons. The highest BCUT2D eigenvalue weighted by molar-refractivity contribution is 6.16. The first-order chi connectivity index (χ1) is 30.2. The number of furan rings is 1. The van der Waals surface area contributed by atoms with Gasteiger partial charge >= 0.3 is 0 Å². The molecule has 0 aliphatic carbocycles. The first kappa shape index (κ1) is 33.9. The first-order valence-electron chi connectivity index (χ1n) is 21.1. The van der Waals surface area contributed by atoms with Crippen molar-refractivity contribution in [2.24, 2.45) is 0 Å². The Hall–Kier alpha value is -8.00.